The Hall–Kier alpha value is -1.89. The molecule has 1 rings (SSSR count). The Morgan fingerprint density at radius 2 is 1.89 bits per heavy atom. The molecule has 4 N–H and O–H groups in total. The van der Waals surface area contributed by atoms with Gasteiger partial charge >= 0.3 is 6.03 Å². The molecule has 0 aliphatic rings. The molecule has 0 unspecified atom stereocenters. The van der Waals surface area contributed by atoms with Crippen LogP contribution in [0.15, 0.2) is 18.2 Å². The van der Waals surface area contributed by atoms with E-state index in [0.29, 0.717) is 0 Å². The molecule has 1 aromatic rings. The zero-order chi connectivity index (χ0) is 13.0. The van der Waals surface area contributed by atoms with Gasteiger partial charge in [0.2, 0.25) is 0 Å². The van der Waals surface area contributed by atoms with Crippen LogP contribution in [0.25, 0.3) is 0 Å². The average molecular weight is 279 g/mol. The van der Waals surface area contributed by atoms with E-state index in [1.807, 2.05) is 0 Å². The Morgan fingerprint density at radius 1 is 1.39 bits per heavy atom. The van der Waals surface area contributed by atoms with Crippen molar-refractivity contribution in [2.45, 2.75) is 6.54 Å². The highest BCUT2D eigenvalue weighted by atomic mass is 35.5. The molecule has 0 aliphatic carbocycles. The van der Waals surface area contributed by atoms with Crippen molar-refractivity contribution in [3.8, 4) is 0 Å². The molecule has 0 aromatic heterocycles. The van der Waals surface area contributed by atoms with Crippen LogP contribution in [0.4, 0.5) is 13.6 Å². The molecule has 0 saturated carbocycles. The predicted molar refractivity (Wildman–Crippen MR) is 65.5 cm³/mol. The van der Waals surface area contributed by atoms with E-state index >= 15 is 0 Å². The fraction of sp³-hybridized carbons (Fsp3) is 0.200. The summed E-state index contributed by atoms with van der Waals surface area (Å²) < 4.78 is 25.8. The molecule has 1 aromatic carbocycles. The van der Waals surface area contributed by atoms with Gasteiger partial charge in [0, 0.05) is 13.1 Å². The Bertz CT molecular complexity index is 435. The number of benzene rings is 1. The van der Waals surface area contributed by atoms with Crippen LogP contribution in [0.5, 0.6) is 0 Å². The summed E-state index contributed by atoms with van der Waals surface area (Å²) in [6.07, 6.45) is 0. The molecule has 0 heterocycles. The molecular formula is C10H13ClF2N4O. The SMILES string of the molecule is CNC(=O)N(Cc1cc(F)cc(F)c1)C(=N)N.Cl. The van der Waals surface area contributed by atoms with Gasteiger partial charge < -0.3 is 11.1 Å². The Morgan fingerprint density at radius 3 is 2.28 bits per heavy atom. The lowest BCUT2D eigenvalue weighted by molar-refractivity contribution is 0.221. The number of guanidine groups is 1. The van der Waals surface area contributed by atoms with Crippen molar-refractivity contribution < 1.29 is 13.6 Å². The minimum atomic E-state index is -0.750. The lowest BCUT2D eigenvalue weighted by Gasteiger charge is -2.20. The van der Waals surface area contributed by atoms with E-state index < -0.39 is 23.6 Å². The number of amides is 2. The molecule has 0 aliphatic heterocycles. The van der Waals surface area contributed by atoms with Crippen molar-refractivity contribution in [3.05, 3.63) is 35.4 Å². The topological polar surface area (TPSA) is 82.2 Å². The summed E-state index contributed by atoms with van der Waals surface area (Å²) in [6, 6.07) is 2.24. The largest absolute Gasteiger partial charge is 0.370 e. The highest BCUT2D eigenvalue weighted by molar-refractivity contribution is 5.93. The van der Waals surface area contributed by atoms with Gasteiger partial charge in [-0.05, 0) is 17.7 Å². The Labute approximate surface area is 109 Å². The third kappa shape index (κ3) is 4.17. The average Bonchev–Trinajstić information content (AvgIpc) is 2.23. The summed E-state index contributed by atoms with van der Waals surface area (Å²) in [5, 5.41) is 9.47. The third-order valence-corrected chi connectivity index (χ3v) is 2.01. The number of hydrogen-bond acceptors (Lipinski definition) is 2. The minimum absolute atomic E-state index is 0. The number of carbonyl (C=O) groups is 1. The van der Waals surface area contributed by atoms with E-state index in [9.17, 15) is 13.6 Å². The van der Waals surface area contributed by atoms with Crippen molar-refractivity contribution in [2.75, 3.05) is 7.05 Å². The molecule has 0 bridgehead atoms. The molecule has 2 amide bonds. The summed E-state index contributed by atoms with van der Waals surface area (Å²) in [5.41, 5.74) is 5.41. The van der Waals surface area contributed by atoms with Gasteiger partial charge in [0.15, 0.2) is 5.96 Å². The van der Waals surface area contributed by atoms with Gasteiger partial charge in [-0.1, -0.05) is 0 Å². The van der Waals surface area contributed by atoms with E-state index in [-0.39, 0.29) is 24.5 Å². The molecule has 0 radical (unpaired) electrons. The Kier molecular flexibility index (Phi) is 6.04. The summed E-state index contributed by atoms with van der Waals surface area (Å²) >= 11 is 0. The molecule has 0 fully saturated rings. The number of nitrogens with zero attached hydrogens (tertiary/aromatic N) is 1. The van der Waals surface area contributed by atoms with Crippen LogP contribution in [0, 0.1) is 17.0 Å². The first-order valence-corrected chi connectivity index (χ1v) is 4.72. The van der Waals surface area contributed by atoms with Crippen molar-refractivity contribution in [3.63, 3.8) is 0 Å². The second-order valence-corrected chi connectivity index (χ2v) is 3.30. The van der Waals surface area contributed by atoms with Crippen LogP contribution < -0.4 is 11.1 Å². The standard InChI is InChI=1S/C10H12F2N4O.ClH/c1-15-10(17)16(9(13)14)5-6-2-7(11)4-8(12)3-6;/h2-4H,5H2,1H3,(H3,13,14)(H,15,17);1H. The van der Waals surface area contributed by atoms with Gasteiger partial charge in [-0.3, -0.25) is 10.3 Å². The zero-order valence-electron chi connectivity index (χ0n) is 9.54. The van der Waals surface area contributed by atoms with Crippen molar-refractivity contribution >= 4 is 24.4 Å². The van der Waals surface area contributed by atoms with Gasteiger partial charge in [-0.15, -0.1) is 12.4 Å². The molecular weight excluding hydrogens is 266 g/mol. The molecule has 100 valence electrons. The van der Waals surface area contributed by atoms with Crippen molar-refractivity contribution in [1.82, 2.24) is 10.2 Å². The van der Waals surface area contributed by atoms with Crippen LogP contribution in [-0.2, 0) is 6.54 Å². The van der Waals surface area contributed by atoms with Gasteiger partial charge in [-0.2, -0.15) is 0 Å². The first kappa shape index (κ1) is 16.1. The monoisotopic (exact) mass is 278 g/mol. The van der Waals surface area contributed by atoms with Crippen molar-refractivity contribution in [1.29, 1.82) is 5.41 Å². The normalized spacial score (nSPS) is 9.28. The maximum Gasteiger partial charge on any atom is 0.324 e. The first-order chi connectivity index (χ1) is 7.93. The summed E-state index contributed by atoms with van der Waals surface area (Å²) in [7, 11) is 1.37. The fourth-order valence-corrected chi connectivity index (χ4v) is 1.29. The van der Waals surface area contributed by atoms with E-state index in [1.54, 1.807) is 0 Å². The number of hydrogen-bond donors (Lipinski definition) is 3. The number of halogens is 3. The highest BCUT2D eigenvalue weighted by Gasteiger charge is 2.15. The van der Waals surface area contributed by atoms with E-state index in [0.717, 1.165) is 23.1 Å². The van der Waals surface area contributed by atoms with Crippen LogP contribution in [0.1, 0.15) is 5.56 Å². The number of nitrogens with two attached hydrogens (primary N) is 1. The first-order valence-electron chi connectivity index (χ1n) is 4.72. The number of urea groups is 1. The second-order valence-electron chi connectivity index (χ2n) is 3.30. The second kappa shape index (κ2) is 6.75. The van der Waals surface area contributed by atoms with Crippen LogP contribution in [0.2, 0.25) is 0 Å². The summed E-state index contributed by atoms with van der Waals surface area (Å²) in [5.74, 6) is -2.00. The predicted octanol–water partition coefficient (Wildman–Crippen LogP) is 1.42. The number of carbonyl (C=O) groups excluding carboxylic acids is 1. The maximum absolute atomic E-state index is 12.9. The molecule has 0 spiro atoms. The maximum atomic E-state index is 12.9. The minimum Gasteiger partial charge on any atom is -0.370 e. The number of nitrogens with one attached hydrogen (secondary N) is 2. The fourth-order valence-electron chi connectivity index (χ4n) is 1.29. The third-order valence-electron chi connectivity index (χ3n) is 2.01. The smallest absolute Gasteiger partial charge is 0.324 e. The molecule has 0 saturated heterocycles. The molecule has 18 heavy (non-hydrogen) atoms. The van der Waals surface area contributed by atoms with Gasteiger partial charge in [0.25, 0.3) is 0 Å². The quantitative estimate of drug-likeness (QED) is 0.565. The van der Waals surface area contributed by atoms with Crippen LogP contribution in [-0.4, -0.2) is 23.9 Å². The Balaban J connectivity index is 0.00000289. The van der Waals surface area contributed by atoms with Gasteiger partial charge in [-0.25, -0.2) is 13.6 Å². The van der Waals surface area contributed by atoms with E-state index in [4.69, 9.17) is 11.1 Å². The van der Waals surface area contributed by atoms with Gasteiger partial charge in [0.1, 0.15) is 11.6 Å². The summed E-state index contributed by atoms with van der Waals surface area (Å²) in [6.45, 7) is -0.177. The lowest BCUT2D eigenvalue weighted by Crippen LogP contribution is -2.45. The van der Waals surface area contributed by atoms with Crippen LogP contribution in [0.3, 0.4) is 0 Å². The van der Waals surface area contributed by atoms with Crippen molar-refractivity contribution in [2.24, 2.45) is 5.73 Å². The molecule has 8 heteroatoms. The number of rotatable bonds is 2. The highest BCUT2D eigenvalue weighted by Crippen LogP contribution is 2.10. The summed E-state index contributed by atoms with van der Waals surface area (Å²) in [4.78, 5) is 12.2. The van der Waals surface area contributed by atoms with E-state index in [2.05, 4.69) is 5.32 Å². The molecule has 5 nitrogen and oxygen atoms in total. The molecule has 0 atom stereocenters. The zero-order valence-corrected chi connectivity index (χ0v) is 10.4. The van der Waals surface area contributed by atoms with E-state index in [1.165, 1.54) is 7.05 Å². The van der Waals surface area contributed by atoms with Gasteiger partial charge in [0.05, 0.1) is 6.54 Å². The lowest BCUT2D eigenvalue weighted by atomic mass is 10.2. The van der Waals surface area contributed by atoms with Crippen LogP contribution >= 0.6 is 12.4 Å².